The number of anilines is 1. The molecule has 8 nitrogen and oxygen atoms in total. The van der Waals surface area contributed by atoms with Crippen LogP contribution in [0.3, 0.4) is 0 Å². The maximum Gasteiger partial charge on any atom is 0.438 e. The summed E-state index contributed by atoms with van der Waals surface area (Å²) >= 11 is 5.83. The second-order valence-electron chi connectivity index (χ2n) is 5.10. The number of hydrogen-bond acceptors (Lipinski definition) is 6. The lowest BCUT2D eigenvalue weighted by atomic mass is 10.2. The summed E-state index contributed by atoms with van der Waals surface area (Å²) in [7, 11) is 2.13. The Labute approximate surface area is 161 Å². The highest BCUT2D eigenvalue weighted by Crippen LogP contribution is 2.38. The fraction of sp³-hybridized carbons (Fsp3) is 0.188. The van der Waals surface area contributed by atoms with E-state index in [1.54, 1.807) is 0 Å². The van der Waals surface area contributed by atoms with Gasteiger partial charge in [-0.3, -0.25) is 15.0 Å². The van der Waals surface area contributed by atoms with E-state index in [0.717, 1.165) is 38.5 Å². The van der Waals surface area contributed by atoms with Gasteiger partial charge in [-0.1, -0.05) is 11.6 Å². The second-order valence-corrected chi connectivity index (χ2v) is 5.51. The van der Waals surface area contributed by atoms with Gasteiger partial charge in [0, 0.05) is 12.1 Å². The molecule has 0 saturated heterocycles. The standard InChI is InChI=1S/C16H12ClF3N2O6/c1-26-15(23)21(27-2)13-8-10(4-5-12(13)22(24)25)28-14-6-3-9(7-11(14)17)16(18,19)20/h3-8H,1-2H3. The lowest BCUT2D eigenvalue weighted by molar-refractivity contribution is -0.384. The van der Waals surface area contributed by atoms with Crippen LogP contribution >= 0.6 is 11.6 Å². The summed E-state index contributed by atoms with van der Waals surface area (Å²) in [6.07, 6.45) is -5.63. The Morgan fingerprint density at radius 2 is 1.86 bits per heavy atom. The molecule has 0 heterocycles. The number of halogens is 4. The van der Waals surface area contributed by atoms with Gasteiger partial charge in [0.2, 0.25) is 0 Å². The van der Waals surface area contributed by atoms with E-state index in [1.807, 2.05) is 0 Å². The number of carbonyl (C=O) groups is 1. The van der Waals surface area contributed by atoms with Gasteiger partial charge in [-0.2, -0.15) is 13.2 Å². The van der Waals surface area contributed by atoms with Crippen molar-refractivity contribution < 1.29 is 37.2 Å². The third-order valence-corrected chi connectivity index (χ3v) is 3.67. The van der Waals surface area contributed by atoms with Crippen molar-refractivity contribution in [3.63, 3.8) is 0 Å². The summed E-state index contributed by atoms with van der Waals surface area (Å²) in [5.74, 6) is -0.176. The van der Waals surface area contributed by atoms with Crippen LogP contribution in [0.2, 0.25) is 5.02 Å². The van der Waals surface area contributed by atoms with E-state index in [4.69, 9.17) is 21.2 Å². The molecular formula is C16H12ClF3N2O6. The van der Waals surface area contributed by atoms with Crippen molar-refractivity contribution in [1.82, 2.24) is 0 Å². The Balaban J connectivity index is 2.44. The molecule has 0 radical (unpaired) electrons. The maximum atomic E-state index is 12.7. The van der Waals surface area contributed by atoms with Crippen LogP contribution in [0, 0.1) is 10.1 Å². The van der Waals surface area contributed by atoms with Crippen LogP contribution in [-0.2, 0) is 15.8 Å². The van der Waals surface area contributed by atoms with Crippen molar-refractivity contribution >= 4 is 29.1 Å². The lowest BCUT2D eigenvalue weighted by Gasteiger charge is -2.18. The maximum absolute atomic E-state index is 12.7. The van der Waals surface area contributed by atoms with Crippen LogP contribution in [0.5, 0.6) is 11.5 Å². The number of ether oxygens (including phenoxy) is 2. The van der Waals surface area contributed by atoms with Gasteiger partial charge >= 0.3 is 12.3 Å². The average Bonchev–Trinajstić information content (AvgIpc) is 2.63. The quantitative estimate of drug-likeness (QED) is 0.488. The SMILES string of the molecule is COC(=O)N(OC)c1cc(Oc2ccc(C(F)(F)F)cc2Cl)ccc1[N+](=O)[O-]. The van der Waals surface area contributed by atoms with Gasteiger partial charge < -0.3 is 9.47 Å². The first-order valence-electron chi connectivity index (χ1n) is 7.33. The Kier molecular flexibility index (Phi) is 6.31. The third kappa shape index (κ3) is 4.61. The summed E-state index contributed by atoms with van der Waals surface area (Å²) < 4.78 is 48.0. The van der Waals surface area contributed by atoms with Gasteiger partial charge in [-0.05, 0) is 24.3 Å². The molecule has 12 heteroatoms. The Morgan fingerprint density at radius 3 is 2.36 bits per heavy atom. The van der Waals surface area contributed by atoms with Crippen LogP contribution in [0.25, 0.3) is 0 Å². The van der Waals surface area contributed by atoms with Gasteiger partial charge in [0.05, 0.1) is 29.7 Å². The van der Waals surface area contributed by atoms with Crippen molar-refractivity contribution in [2.24, 2.45) is 0 Å². The lowest BCUT2D eigenvalue weighted by Crippen LogP contribution is -2.30. The largest absolute Gasteiger partial charge is 0.456 e. The van der Waals surface area contributed by atoms with Crippen molar-refractivity contribution in [3.8, 4) is 11.5 Å². The number of methoxy groups -OCH3 is 1. The zero-order valence-corrected chi connectivity index (χ0v) is 15.1. The number of nitrogens with zero attached hydrogens (tertiary/aromatic N) is 2. The molecule has 0 unspecified atom stereocenters. The van der Waals surface area contributed by atoms with Crippen LogP contribution in [0.15, 0.2) is 36.4 Å². The molecule has 0 N–H and O–H groups in total. The molecule has 1 amide bonds. The number of nitro groups is 1. The first kappa shape index (κ1) is 21.3. The predicted octanol–water partition coefficient (Wildman–Crippen LogP) is 5.19. The number of carbonyl (C=O) groups excluding carboxylic acids is 1. The number of alkyl halides is 3. The molecule has 0 spiro atoms. The fourth-order valence-corrected chi connectivity index (χ4v) is 2.34. The molecule has 0 atom stereocenters. The normalized spacial score (nSPS) is 11.1. The molecule has 0 aliphatic rings. The number of rotatable bonds is 5. The number of benzene rings is 2. The summed E-state index contributed by atoms with van der Waals surface area (Å²) in [5, 5.41) is 11.4. The number of hydroxylamine groups is 1. The molecule has 2 aromatic rings. The minimum Gasteiger partial charge on any atom is -0.456 e. The van der Waals surface area contributed by atoms with Crippen LogP contribution in [0.4, 0.5) is 29.3 Å². The molecule has 28 heavy (non-hydrogen) atoms. The van der Waals surface area contributed by atoms with Gasteiger partial charge in [0.15, 0.2) is 5.69 Å². The topological polar surface area (TPSA) is 91.1 Å². The molecule has 2 rings (SSSR count). The van der Waals surface area contributed by atoms with Crippen molar-refractivity contribution in [1.29, 1.82) is 0 Å². The van der Waals surface area contributed by atoms with E-state index in [0.29, 0.717) is 11.1 Å². The van der Waals surface area contributed by atoms with E-state index in [2.05, 4.69) is 4.74 Å². The Bertz CT molecular complexity index is 906. The molecule has 0 aromatic heterocycles. The van der Waals surface area contributed by atoms with Gasteiger partial charge in [0.1, 0.15) is 11.5 Å². The zero-order chi connectivity index (χ0) is 21.1. The smallest absolute Gasteiger partial charge is 0.438 e. The van der Waals surface area contributed by atoms with E-state index in [9.17, 15) is 28.1 Å². The van der Waals surface area contributed by atoms with Crippen molar-refractivity contribution in [2.75, 3.05) is 19.3 Å². The van der Waals surface area contributed by atoms with Crippen LogP contribution < -0.4 is 9.80 Å². The predicted molar refractivity (Wildman–Crippen MR) is 91.5 cm³/mol. The number of amides is 1. The molecule has 150 valence electrons. The Hall–Kier alpha value is -3.05. The van der Waals surface area contributed by atoms with Crippen LogP contribution in [-0.4, -0.2) is 25.2 Å². The summed E-state index contributed by atoms with van der Waals surface area (Å²) in [6, 6.07) is 5.73. The van der Waals surface area contributed by atoms with Gasteiger partial charge in [-0.25, -0.2) is 4.79 Å². The molecule has 0 fully saturated rings. The highest BCUT2D eigenvalue weighted by Gasteiger charge is 2.31. The highest BCUT2D eigenvalue weighted by molar-refractivity contribution is 6.32. The van der Waals surface area contributed by atoms with E-state index >= 15 is 0 Å². The fourth-order valence-electron chi connectivity index (χ4n) is 2.12. The first-order valence-corrected chi connectivity index (χ1v) is 7.71. The summed E-state index contributed by atoms with van der Waals surface area (Å²) in [6.45, 7) is 0. The molecule has 0 aliphatic carbocycles. The van der Waals surface area contributed by atoms with E-state index in [-0.39, 0.29) is 22.2 Å². The van der Waals surface area contributed by atoms with Crippen molar-refractivity contribution in [3.05, 3.63) is 57.1 Å². The minimum atomic E-state index is -4.58. The molecule has 0 aliphatic heterocycles. The molecule has 2 aromatic carbocycles. The second kappa shape index (κ2) is 8.31. The molecule has 0 bridgehead atoms. The summed E-state index contributed by atoms with van der Waals surface area (Å²) in [4.78, 5) is 27.0. The third-order valence-electron chi connectivity index (χ3n) is 3.37. The van der Waals surface area contributed by atoms with E-state index in [1.165, 1.54) is 6.07 Å². The minimum absolute atomic E-state index is 0.0480. The van der Waals surface area contributed by atoms with E-state index < -0.39 is 28.4 Å². The number of nitro benzene ring substituents is 1. The monoisotopic (exact) mass is 420 g/mol. The van der Waals surface area contributed by atoms with Crippen molar-refractivity contribution in [2.45, 2.75) is 6.18 Å². The zero-order valence-electron chi connectivity index (χ0n) is 14.3. The first-order chi connectivity index (χ1) is 13.1. The summed E-state index contributed by atoms with van der Waals surface area (Å²) in [5.41, 5.74) is -1.79. The molecule has 0 saturated carbocycles. The molecular weight excluding hydrogens is 409 g/mol. The van der Waals surface area contributed by atoms with Gasteiger partial charge in [0.25, 0.3) is 5.69 Å². The Morgan fingerprint density at radius 1 is 1.18 bits per heavy atom. The highest BCUT2D eigenvalue weighted by atomic mass is 35.5. The number of hydrogen-bond donors (Lipinski definition) is 0. The average molecular weight is 421 g/mol. The van der Waals surface area contributed by atoms with Gasteiger partial charge in [-0.15, -0.1) is 5.06 Å². The van der Waals surface area contributed by atoms with Crippen LogP contribution in [0.1, 0.15) is 5.56 Å².